The molecule has 6 heteroatoms. The summed E-state index contributed by atoms with van der Waals surface area (Å²) in [6, 6.07) is 21.3. The van der Waals surface area contributed by atoms with Crippen molar-refractivity contribution in [3.8, 4) is 11.8 Å². The molecule has 1 aliphatic rings. The van der Waals surface area contributed by atoms with Crippen molar-refractivity contribution in [3.05, 3.63) is 84.2 Å². The molecule has 2 heterocycles. The molecule has 1 fully saturated rings. The maximum Gasteiger partial charge on any atom is 0.321 e. The average molecular weight is 419 g/mol. The third-order valence-corrected chi connectivity index (χ3v) is 5.76. The fourth-order valence-electron chi connectivity index (χ4n) is 4.10. The van der Waals surface area contributed by atoms with Crippen molar-refractivity contribution in [3.63, 3.8) is 0 Å². The van der Waals surface area contributed by atoms with Gasteiger partial charge in [0.1, 0.15) is 5.75 Å². The molecule has 0 bridgehead atoms. The summed E-state index contributed by atoms with van der Waals surface area (Å²) in [4.78, 5) is 13.2. The van der Waals surface area contributed by atoms with Crippen LogP contribution in [0.3, 0.4) is 0 Å². The number of benzene rings is 2. The van der Waals surface area contributed by atoms with Crippen molar-refractivity contribution < 1.29 is 9.84 Å². The molecule has 1 saturated heterocycles. The van der Waals surface area contributed by atoms with Crippen molar-refractivity contribution >= 4 is 0 Å². The molecular formula is C25H30N4O2. The number of nitrogens with zero attached hydrogens (tertiary/aromatic N) is 4. The molecule has 3 aromatic rings. The van der Waals surface area contributed by atoms with Crippen LogP contribution in [0.25, 0.3) is 0 Å². The zero-order chi connectivity index (χ0) is 21.3. The van der Waals surface area contributed by atoms with Gasteiger partial charge < -0.3 is 9.84 Å². The normalized spacial score (nSPS) is 17.5. The van der Waals surface area contributed by atoms with Crippen LogP contribution in [-0.2, 0) is 13.0 Å². The molecule has 0 radical (unpaired) electrons. The van der Waals surface area contributed by atoms with Crippen molar-refractivity contribution in [2.24, 2.45) is 0 Å². The third kappa shape index (κ3) is 6.34. The summed E-state index contributed by atoms with van der Waals surface area (Å²) in [5, 5.41) is 9.58. The van der Waals surface area contributed by atoms with Gasteiger partial charge in [0.15, 0.2) is 0 Å². The first-order chi connectivity index (χ1) is 15.3. The molecule has 1 aromatic heterocycles. The Kier molecular flexibility index (Phi) is 7.60. The van der Waals surface area contributed by atoms with E-state index >= 15 is 0 Å². The lowest BCUT2D eigenvalue weighted by Gasteiger charge is -2.41. The molecule has 4 rings (SSSR count). The highest BCUT2D eigenvalue weighted by Crippen LogP contribution is 2.20. The highest BCUT2D eigenvalue weighted by molar-refractivity contribution is 5.29. The van der Waals surface area contributed by atoms with Gasteiger partial charge in [-0.1, -0.05) is 42.5 Å². The first kappa shape index (κ1) is 21.4. The van der Waals surface area contributed by atoms with Gasteiger partial charge in [-0.3, -0.25) is 9.80 Å². The van der Waals surface area contributed by atoms with Crippen LogP contribution < -0.4 is 4.74 Å². The second kappa shape index (κ2) is 11.0. The van der Waals surface area contributed by atoms with E-state index in [9.17, 15) is 5.11 Å². The second-order valence-electron chi connectivity index (χ2n) is 7.95. The third-order valence-electron chi connectivity index (χ3n) is 5.76. The fourth-order valence-corrected chi connectivity index (χ4v) is 4.10. The maximum absolute atomic E-state index is 9.58. The van der Waals surface area contributed by atoms with Gasteiger partial charge >= 0.3 is 6.01 Å². The lowest BCUT2D eigenvalue weighted by atomic mass is 10.1. The zero-order valence-electron chi connectivity index (χ0n) is 17.8. The van der Waals surface area contributed by atoms with Crippen LogP contribution in [0.5, 0.6) is 11.8 Å². The topological polar surface area (TPSA) is 61.7 Å². The minimum Gasteiger partial charge on any atom is -0.424 e. The molecular weight excluding hydrogens is 388 g/mol. The second-order valence-corrected chi connectivity index (χ2v) is 7.95. The van der Waals surface area contributed by atoms with Crippen LogP contribution >= 0.6 is 0 Å². The molecule has 1 atom stereocenters. The van der Waals surface area contributed by atoms with E-state index in [1.165, 1.54) is 11.1 Å². The minimum atomic E-state index is 0.230. The number of rotatable bonds is 9. The van der Waals surface area contributed by atoms with Gasteiger partial charge in [-0.15, -0.1) is 0 Å². The van der Waals surface area contributed by atoms with E-state index in [1.807, 2.05) is 12.1 Å². The Hall–Kier alpha value is -2.80. The van der Waals surface area contributed by atoms with Crippen LogP contribution in [-0.4, -0.2) is 63.7 Å². The summed E-state index contributed by atoms with van der Waals surface area (Å²) in [7, 11) is 0. The lowest BCUT2D eigenvalue weighted by Crippen LogP contribution is -2.53. The monoisotopic (exact) mass is 418 g/mol. The molecule has 0 unspecified atom stereocenters. The molecule has 6 nitrogen and oxygen atoms in total. The van der Waals surface area contributed by atoms with Crippen molar-refractivity contribution in [2.75, 3.05) is 32.8 Å². The summed E-state index contributed by atoms with van der Waals surface area (Å²) >= 11 is 0. The first-order valence-corrected chi connectivity index (χ1v) is 10.9. The maximum atomic E-state index is 9.58. The Labute approximate surface area is 184 Å². The quantitative estimate of drug-likeness (QED) is 0.575. The zero-order valence-corrected chi connectivity index (χ0v) is 17.8. The molecule has 2 aromatic carbocycles. The van der Waals surface area contributed by atoms with Gasteiger partial charge in [0.05, 0.1) is 0 Å². The summed E-state index contributed by atoms with van der Waals surface area (Å²) in [5.74, 6) is 0.735. The predicted molar refractivity (Wildman–Crippen MR) is 121 cm³/mol. The lowest BCUT2D eigenvalue weighted by molar-refractivity contribution is 0.0562. The van der Waals surface area contributed by atoms with Crippen molar-refractivity contribution in [1.82, 2.24) is 19.8 Å². The van der Waals surface area contributed by atoms with E-state index in [1.54, 1.807) is 18.5 Å². The predicted octanol–water partition coefficient (Wildman–Crippen LogP) is 3.38. The van der Waals surface area contributed by atoms with Crippen molar-refractivity contribution in [2.45, 2.75) is 25.4 Å². The Bertz CT molecular complexity index is 906. The summed E-state index contributed by atoms with van der Waals surface area (Å²) in [5.41, 5.74) is 2.62. The molecule has 0 saturated carbocycles. The summed E-state index contributed by atoms with van der Waals surface area (Å²) < 4.78 is 5.68. The molecule has 162 valence electrons. The van der Waals surface area contributed by atoms with E-state index in [0.29, 0.717) is 12.1 Å². The molecule has 0 spiro atoms. The van der Waals surface area contributed by atoms with Gasteiger partial charge in [0.2, 0.25) is 0 Å². The van der Waals surface area contributed by atoms with Gasteiger partial charge in [-0.2, -0.15) is 0 Å². The summed E-state index contributed by atoms with van der Waals surface area (Å²) in [6.45, 7) is 5.21. The molecule has 0 amide bonds. The Balaban J connectivity index is 1.30. The number of aliphatic hydroxyl groups is 1. The highest BCUT2D eigenvalue weighted by Gasteiger charge is 2.26. The molecule has 31 heavy (non-hydrogen) atoms. The number of aliphatic hydroxyl groups excluding tert-OH is 1. The Morgan fingerprint density at radius 2 is 1.68 bits per heavy atom. The average Bonchev–Trinajstić information content (AvgIpc) is 2.81. The molecule has 0 aliphatic carbocycles. The highest BCUT2D eigenvalue weighted by atomic mass is 16.5. The van der Waals surface area contributed by atoms with Gasteiger partial charge in [-0.05, 0) is 42.2 Å². The largest absolute Gasteiger partial charge is 0.424 e. The Morgan fingerprint density at radius 3 is 2.42 bits per heavy atom. The SMILES string of the molecule is OCC[C@@H]1CN(Cc2ccc(Oc3ncccn3)cc2)CCN1CCc1ccccc1. The van der Waals surface area contributed by atoms with E-state index in [-0.39, 0.29) is 6.61 Å². The van der Waals surface area contributed by atoms with Crippen LogP contribution in [0.4, 0.5) is 0 Å². The van der Waals surface area contributed by atoms with Crippen LogP contribution in [0.2, 0.25) is 0 Å². The number of hydrogen-bond donors (Lipinski definition) is 1. The van der Waals surface area contributed by atoms with E-state index in [2.05, 4.69) is 62.2 Å². The summed E-state index contributed by atoms with van der Waals surface area (Å²) in [6.07, 6.45) is 5.20. The number of hydrogen-bond acceptors (Lipinski definition) is 6. The van der Waals surface area contributed by atoms with Crippen LogP contribution in [0.15, 0.2) is 73.1 Å². The smallest absolute Gasteiger partial charge is 0.321 e. The molecule has 1 aliphatic heterocycles. The van der Waals surface area contributed by atoms with Crippen LogP contribution in [0, 0.1) is 0 Å². The number of piperazine rings is 1. The van der Waals surface area contributed by atoms with E-state index in [4.69, 9.17) is 4.74 Å². The number of aromatic nitrogens is 2. The molecule has 1 N–H and O–H groups in total. The van der Waals surface area contributed by atoms with Gasteiger partial charge in [-0.25, -0.2) is 9.97 Å². The van der Waals surface area contributed by atoms with Crippen LogP contribution in [0.1, 0.15) is 17.5 Å². The van der Waals surface area contributed by atoms with E-state index in [0.717, 1.165) is 51.3 Å². The van der Waals surface area contributed by atoms with E-state index < -0.39 is 0 Å². The van der Waals surface area contributed by atoms with Gasteiger partial charge in [0.25, 0.3) is 0 Å². The Morgan fingerprint density at radius 1 is 0.903 bits per heavy atom. The fraction of sp³-hybridized carbons (Fsp3) is 0.360. The van der Waals surface area contributed by atoms with Crippen molar-refractivity contribution in [1.29, 1.82) is 0 Å². The first-order valence-electron chi connectivity index (χ1n) is 10.9. The standard InChI is InChI=1S/C25H30N4O2/c30-18-12-23-20-28(16-17-29(23)15-11-21-5-2-1-3-6-21)19-22-7-9-24(10-8-22)31-25-26-13-4-14-27-25/h1-10,13-14,23,30H,11-12,15-20H2/t23-/m1/s1. The van der Waals surface area contributed by atoms with Gasteiger partial charge in [0, 0.05) is 57.8 Å². The minimum absolute atomic E-state index is 0.230. The number of ether oxygens (including phenoxy) is 1.